The molecule has 1 aliphatic carbocycles. The Bertz CT molecular complexity index is 1580. The number of alkyl halides is 4. The number of carboxylic acids is 1. The molecule has 4 fully saturated rings. The van der Waals surface area contributed by atoms with Gasteiger partial charge in [-0.3, -0.25) is 14.5 Å². The Hall–Kier alpha value is -3.85. The minimum atomic E-state index is -4.56. The third kappa shape index (κ3) is 7.03. The second kappa shape index (κ2) is 14.4. The van der Waals surface area contributed by atoms with Crippen LogP contribution in [0.4, 0.5) is 23.2 Å². The maximum absolute atomic E-state index is 17.8. The minimum absolute atomic E-state index is 0.0199. The van der Waals surface area contributed by atoms with E-state index in [1.54, 1.807) is 24.1 Å². The van der Waals surface area contributed by atoms with Crippen LogP contribution in [0.5, 0.6) is 5.75 Å². The number of ether oxygens (including phenoxy) is 1. The minimum Gasteiger partial charge on any atom is -0.497 e. The van der Waals surface area contributed by atoms with Crippen LogP contribution in [0.15, 0.2) is 42.5 Å². The monoisotopic (exact) mass is 698 g/mol. The average molecular weight is 699 g/mol. The van der Waals surface area contributed by atoms with E-state index in [1.165, 1.54) is 6.07 Å². The summed E-state index contributed by atoms with van der Waals surface area (Å²) in [5, 5.41) is 9.49. The summed E-state index contributed by atoms with van der Waals surface area (Å²) in [6.07, 6.45) is 0.191. The molecule has 0 spiro atoms. The highest BCUT2D eigenvalue weighted by atomic mass is 19.4. The number of carboxylic acid groups (broad SMARTS) is 1. The Morgan fingerprint density at radius 2 is 1.70 bits per heavy atom. The first kappa shape index (κ1) is 36.0. The molecule has 8 nitrogen and oxygen atoms in total. The highest BCUT2D eigenvalue weighted by Gasteiger charge is 2.58. The second-order valence-corrected chi connectivity index (χ2v) is 14.5. The van der Waals surface area contributed by atoms with Crippen molar-refractivity contribution in [3.05, 3.63) is 70.6 Å². The van der Waals surface area contributed by atoms with Crippen molar-refractivity contribution in [1.82, 2.24) is 9.80 Å². The summed E-state index contributed by atoms with van der Waals surface area (Å²) in [6.45, 7) is 10.5. The van der Waals surface area contributed by atoms with Crippen LogP contribution in [0.1, 0.15) is 86.8 Å². The lowest BCUT2D eigenvalue weighted by Gasteiger charge is -2.35. The van der Waals surface area contributed by atoms with Gasteiger partial charge in [0.2, 0.25) is 11.7 Å². The molecule has 2 aromatic carbocycles. The van der Waals surface area contributed by atoms with Gasteiger partial charge in [0.05, 0.1) is 18.6 Å². The molecular weight excluding hydrogens is 652 g/mol. The Kier molecular flexibility index (Phi) is 10.4. The zero-order chi connectivity index (χ0) is 35.8. The zero-order valence-corrected chi connectivity index (χ0v) is 28.7. The van der Waals surface area contributed by atoms with E-state index in [-0.39, 0.29) is 37.1 Å². The number of halogens is 4. The number of carbonyl (C=O) groups excluding carboxylic acids is 1. The molecule has 4 atom stereocenters. The van der Waals surface area contributed by atoms with Crippen LogP contribution in [-0.4, -0.2) is 90.4 Å². The van der Waals surface area contributed by atoms with Gasteiger partial charge in [0.25, 0.3) is 5.91 Å². The number of hydrogen-bond donors (Lipinski definition) is 1. The number of nitrogens with zero attached hydrogens (tertiary/aromatic N) is 4. The molecule has 4 aliphatic rings. The van der Waals surface area contributed by atoms with Crippen molar-refractivity contribution in [1.29, 1.82) is 0 Å². The van der Waals surface area contributed by atoms with Crippen LogP contribution in [0.2, 0.25) is 0 Å². The largest absolute Gasteiger partial charge is 0.497 e. The van der Waals surface area contributed by atoms with Crippen LogP contribution < -0.4 is 9.64 Å². The Morgan fingerprint density at radius 3 is 2.28 bits per heavy atom. The first-order chi connectivity index (χ1) is 23.9. The van der Waals surface area contributed by atoms with E-state index in [0.29, 0.717) is 67.9 Å². The van der Waals surface area contributed by atoms with E-state index in [4.69, 9.17) is 11.3 Å². The van der Waals surface area contributed by atoms with Crippen molar-refractivity contribution in [3.8, 4) is 5.75 Å². The summed E-state index contributed by atoms with van der Waals surface area (Å²) in [7, 11) is 1.56. The SMILES string of the molecule is [C-]#[N+]C1CCC(N2C[C@@H](c3ccc(OC)cc3)[C@](F)(C(=O)N3C[C@H](c4ccc(C(F)(F)F)cc4N4CCC(C(=O)O)CC4)C[C@H]3CC)C2)CC1. The number of methoxy groups -OCH3 is 1. The highest BCUT2D eigenvalue weighted by Crippen LogP contribution is 2.47. The third-order valence-electron chi connectivity index (χ3n) is 11.8. The fourth-order valence-corrected chi connectivity index (χ4v) is 8.83. The number of hydrogen-bond acceptors (Lipinski definition) is 5. The van der Waals surface area contributed by atoms with Crippen molar-refractivity contribution in [3.63, 3.8) is 0 Å². The van der Waals surface area contributed by atoms with Gasteiger partial charge in [0.1, 0.15) is 5.75 Å². The van der Waals surface area contributed by atoms with Crippen LogP contribution in [0.25, 0.3) is 4.85 Å². The molecular formula is C38H46F4N4O4. The first-order valence-electron chi connectivity index (χ1n) is 17.8. The maximum atomic E-state index is 17.8. The number of piperidine rings is 1. The molecule has 3 aliphatic heterocycles. The molecule has 2 aromatic rings. The van der Waals surface area contributed by atoms with E-state index < -0.39 is 41.1 Å². The smallest absolute Gasteiger partial charge is 0.416 e. The van der Waals surface area contributed by atoms with Crippen LogP contribution >= 0.6 is 0 Å². The molecule has 1 amide bonds. The maximum Gasteiger partial charge on any atom is 0.416 e. The van der Waals surface area contributed by atoms with Crippen molar-refractivity contribution >= 4 is 17.6 Å². The fourth-order valence-electron chi connectivity index (χ4n) is 8.83. The summed E-state index contributed by atoms with van der Waals surface area (Å²) in [6, 6.07) is 10.7. The highest BCUT2D eigenvalue weighted by molar-refractivity contribution is 5.88. The summed E-state index contributed by atoms with van der Waals surface area (Å²) in [4.78, 5) is 35.5. The van der Waals surface area contributed by atoms with Gasteiger partial charge in [-0.25, -0.2) is 11.0 Å². The normalized spacial score (nSPS) is 29.6. The molecule has 270 valence electrons. The Balaban J connectivity index is 1.29. The van der Waals surface area contributed by atoms with Gasteiger partial charge in [-0.2, -0.15) is 13.2 Å². The molecule has 3 saturated heterocycles. The molecule has 12 heteroatoms. The molecule has 0 radical (unpaired) electrons. The van der Waals surface area contributed by atoms with Gasteiger partial charge in [-0.05, 0) is 73.9 Å². The van der Waals surface area contributed by atoms with E-state index in [1.807, 2.05) is 24.0 Å². The molecule has 3 heterocycles. The molecule has 0 bridgehead atoms. The Morgan fingerprint density at radius 1 is 1.02 bits per heavy atom. The third-order valence-corrected chi connectivity index (χ3v) is 11.8. The number of anilines is 1. The van der Waals surface area contributed by atoms with Gasteiger partial charge in [-0.1, -0.05) is 25.1 Å². The predicted molar refractivity (Wildman–Crippen MR) is 181 cm³/mol. The number of benzene rings is 2. The van der Waals surface area contributed by atoms with Crippen molar-refractivity contribution in [2.24, 2.45) is 5.92 Å². The quantitative estimate of drug-likeness (QED) is 0.233. The Labute approximate surface area is 291 Å². The zero-order valence-electron chi connectivity index (χ0n) is 28.7. The molecule has 0 aromatic heterocycles. The van der Waals surface area contributed by atoms with Crippen LogP contribution in [0.3, 0.4) is 0 Å². The number of amides is 1. The molecule has 0 unspecified atom stereocenters. The van der Waals surface area contributed by atoms with Crippen molar-refractivity contribution < 1.29 is 37.0 Å². The number of aliphatic carboxylic acids is 1. The summed E-state index contributed by atoms with van der Waals surface area (Å²) in [5.41, 5.74) is -1.22. The van der Waals surface area contributed by atoms with Crippen LogP contribution in [0, 0.1) is 12.5 Å². The lowest BCUT2D eigenvalue weighted by molar-refractivity contribution is -0.145. The lowest BCUT2D eigenvalue weighted by atomic mass is 9.85. The van der Waals surface area contributed by atoms with Gasteiger partial charge >= 0.3 is 12.1 Å². The standard InChI is InChI=1S/C38H46F4N4O4/c1-4-29-19-26(32-14-7-27(38(40,41)42)20-34(32)44-17-15-25(16-18-44)35(47)48)21-46(29)36(49)37(39)23-45(30-10-8-28(43-2)9-11-30)22-33(37)24-5-12-31(50-3)13-6-24/h5-7,12-14,20,25-26,28-30,33H,4,8-11,15-19,21-23H2,1,3H3,(H,47,48)/t26-,28?,29-,30?,33+,37+/m1/s1. The predicted octanol–water partition coefficient (Wildman–Crippen LogP) is 7.15. The molecule has 50 heavy (non-hydrogen) atoms. The molecule has 1 N–H and O–H groups in total. The van der Waals surface area contributed by atoms with E-state index in [2.05, 4.69) is 9.74 Å². The van der Waals surface area contributed by atoms with E-state index in [9.17, 15) is 27.9 Å². The second-order valence-electron chi connectivity index (χ2n) is 14.5. The van der Waals surface area contributed by atoms with Crippen molar-refractivity contribution in [2.75, 3.05) is 44.7 Å². The first-order valence-corrected chi connectivity index (χ1v) is 17.8. The van der Waals surface area contributed by atoms with Crippen molar-refractivity contribution in [2.45, 2.75) is 100 Å². The summed E-state index contributed by atoms with van der Waals surface area (Å²) >= 11 is 0. The number of likely N-dealkylation sites (tertiary alicyclic amines) is 2. The van der Waals surface area contributed by atoms with E-state index >= 15 is 4.39 Å². The van der Waals surface area contributed by atoms with Gasteiger partial charge < -0.3 is 24.5 Å². The topological polar surface area (TPSA) is 77.7 Å². The average Bonchev–Trinajstić information content (AvgIpc) is 3.73. The number of rotatable bonds is 8. The molecule has 6 rings (SSSR count). The lowest BCUT2D eigenvalue weighted by Crippen LogP contribution is -2.52. The number of carbonyl (C=O) groups is 2. The fraction of sp³-hybridized carbons (Fsp3) is 0.605. The van der Waals surface area contributed by atoms with Gasteiger partial charge in [-0.15, -0.1) is 0 Å². The van der Waals surface area contributed by atoms with Gasteiger partial charge in [0, 0.05) is 75.2 Å². The van der Waals surface area contributed by atoms with Crippen LogP contribution in [-0.2, 0) is 15.8 Å². The van der Waals surface area contributed by atoms with E-state index in [0.717, 1.165) is 37.8 Å². The molecule has 1 saturated carbocycles. The van der Waals surface area contributed by atoms with Gasteiger partial charge in [0.15, 0.2) is 0 Å². The summed E-state index contributed by atoms with van der Waals surface area (Å²) in [5.74, 6) is -2.45. The summed E-state index contributed by atoms with van der Waals surface area (Å²) < 4.78 is 64.9.